The van der Waals surface area contributed by atoms with E-state index in [2.05, 4.69) is 66.1 Å². The lowest BCUT2D eigenvalue weighted by molar-refractivity contribution is -0.645. The van der Waals surface area contributed by atoms with Gasteiger partial charge in [0.05, 0.1) is 12.5 Å². The van der Waals surface area contributed by atoms with Gasteiger partial charge in [-0.05, 0) is 24.3 Å². The number of hydrogen-bond donors (Lipinski definition) is 0. The Bertz CT molecular complexity index is 1260. The average Bonchev–Trinajstić information content (AvgIpc) is 3.30. The number of pyridine rings is 1. The summed E-state index contributed by atoms with van der Waals surface area (Å²) in [5, 5.41) is 0. The molecule has 5 heteroatoms. The Kier molecular flexibility index (Phi) is 2.34. The fourth-order valence-electron chi connectivity index (χ4n) is 3.93. The second kappa shape index (κ2) is 4.54. The first kappa shape index (κ1) is 12.9. The Labute approximate surface area is 143 Å². The topological polar surface area (TPSA) is 39.0 Å². The van der Waals surface area contributed by atoms with Crippen LogP contribution in [0.3, 0.4) is 0 Å². The highest BCUT2D eigenvalue weighted by Gasteiger charge is 2.37. The Morgan fingerprint density at radius 3 is 2.80 bits per heavy atom. The first-order chi connectivity index (χ1) is 12.4. The lowest BCUT2D eigenvalue weighted by Gasteiger charge is -2.01. The van der Waals surface area contributed by atoms with E-state index in [0.717, 1.165) is 29.3 Å². The van der Waals surface area contributed by atoms with Gasteiger partial charge < -0.3 is 0 Å². The van der Waals surface area contributed by atoms with Crippen LogP contribution in [-0.2, 0) is 6.54 Å². The van der Waals surface area contributed by atoms with Gasteiger partial charge in [0.15, 0.2) is 11.2 Å². The molecule has 0 unspecified atom stereocenters. The number of fused-ring (bicyclic) bond motifs is 7. The first-order valence-corrected chi connectivity index (χ1v) is 8.30. The Hall–Kier alpha value is -3.47. The summed E-state index contributed by atoms with van der Waals surface area (Å²) in [6.07, 6.45) is 7.74. The van der Waals surface area contributed by atoms with E-state index in [4.69, 9.17) is 0 Å². The highest BCUT2D eigenvalue weighted by molar-refractivity contribution is 5.94. The van der Waals surface area contributed by atoms with Crippen molar-refractivity contribution in [1.82, 2.24) is 18.9 Å². The zero-order chi connectivity index (χ0) is 16.4. The fraction of sp³-hybridized carbons (Fsp3) is 0.0500. The van der Waals surface area contributed by atoms with Crippen LogP contribution in [0.15, 0.2) is 73.4 Å². The molecule has 0 spiro atoms. The summed E-state index contributed by atoms with van der Waals surface area (Å²) in [6.45, 7) is 0.846. The van der Waals surface area contributed by atoms with Crippen LogP contribution in [0.1, 0.15) is 5.56 Å². The van der Waals surface area contributed by atoms with Gasteiger partial charge in [-0.2, -0.15) is 4.57 Å². The molecule has 1 aliphatic heterocycles. The highest BCUT2D eigenvalue weighted by atomic mass is 15.2. The van der Waals surface area contributed by atoms with Gasteiger partial charge in [0.1, 0.15) is 17.7 Å². The van der Waals surface area contributed by atoms with E-state index >= 15 is 0 Å². The van der Waals surface area contributed by atoms with Crippen molar-refractivity contribution in [3.63, 3.8) is 0 Å². The number of para-hydroxylation sites is 1. The standard InChI is InChI=1S/C20H14N5/c1-2-6-15(7-3-1)25-19-16-8-10-21-13-23(16)12-17(19)24-11-14-5-4-9-22-18(14)20(24)25/h1-10,12-13H,11H2/q+1. The van der Waals surface area contributed by atoms with Crippen molar-refractivity contribution in [3.8, 4) is 17.2 Å². The average molecular weight is 324 g/mol. The molecule has 25 heavy (non-hydrogen) atoms. The Morgan fingerprint density at radius 2 is 1.88 bits per heavy atom. The first-order valence-electron chi connectivity index (χ1n) is 8.30. The molecule has 0 radical (unpaired) electrons. The summed E-state index contributed by atoms with van der Waals surface area (Å²) in [4.78, 5) is 8.94. The SMILES string of the molecule is c1ccc(-n2c3[n+](c4cn5cnccc5c42)Cc2cccnc2-3)cc1. The maximum Gasteiger partial charge on any atom is 0.314 e. The van der Waals surface area contributed by atoms with E-state index in [1.54, 1.807) is 0 Å². The molecule has 4 aromatic heterocycles. The zero-order valence-electron chi connectivity index (χ0n) is 13.4. The predicted molar refractivity (Wildman–Crippen MR) is 94.6 cm³/mol. The van der Waals surface area contributed by atoms with Crippen molar-refractivity contribution in [2.75, 3.05) is 0 Å². The summed E-state index contributed by atoms with van der Waals surface area (Å²) in [5.74, 6) is 1.14. The monoisotopic (exact) mass is 324 g/mol. The molecule has 0 saturated carbocycles. The maximum atomic E-state index is 4.68. The van der Waals surface area contributed by atoms with Crippen molar-refractivity contribution >= 4 is 16.6 Å². The molecule has 0 fully saturated rings. The Balaban J connectivity index is 1.84. The molecule has 118 valence electrons. The van der Waals surface area contributed by atoms with Crippen LogP contribution in [0.5, 0.6) is 0 Å². The van der Waals surface area contributed by atoms with Crippen LogP contribution in [-0.4, -0.2) is 18.9 Å². The van der Waals surface area contributed by atoms with E-state index in [1.807, 2.05) is 30.9 Å². The molecule has 0 aliphatic carbocycles. The molecule has 1 aliphatic rings. The van der Waals surface area contributed by atoms with E-state index in [1.165, 1.54) is 16.6 Å². The summed E-state index contributed by atoms with van der Waals surface area (Å²) in [7, 11) is 0. The van der Waals surface area contributed by atoms with Crippen LogP contribution in [0.25, 0.3) is 33.8 Å². The minimum atomic E-state index is 0.846. The third-order valence-corrected chi connectivity index (χ3v) is 4.96. The van der Waals surface area contributed by atoms with Gasteiger partial charge in [0.2, 0.25) is 5.52 Å². The summed E-state index contributed by atoms with van der Waals surface area (Å²) in [6, 6.07) is 16.7. The fourth-order valence-corrected chi connectivity index (χ4v) is 3.93. The van der Waals surface area contributed by atoms with Crippen LogP contribution >= 0.6 is 0 Å². The van der Waals surface area contributed by atoms with E-state index < -0.39 is 0 Å². The lowest BCUT2D eigenvalue weighted by atomic mass is 10.2. The van der Waals surface area contributed by atoms with Crippen LogP contribution < -0.4 is 4.57 Å². The zero-order valence-corrected chi connectivity index (χ0v) is 13.4. The minimum absolute atomic E-state index is 0.846. The predicted octanol–water partition coefficient (Wildman–Crippen LogP) is 2.99. The number of benzene rings is 1. The summed E-state index contributed by atoms with van der Waals surface area (Å²) in [5.41, 5.74) is 7.01. The largest absolute Gasteiger partial charge is 0.314 e. The van der Waals surface area contributed by atoms with Crippen molar-refractivity contribution < 1.29 is 4.57 Å². The number of rotatable bonds is 1. The van der Waals surface area contributed by atoms with Crippen LogP contribution in [0.2, 0.25) is 0 Å². The van der Waals surface area contributed by atoms with Gasteiger partial charge in [-0.1, -0.05) is 24.3 Å². The van der Waals surface area contributed by atoms with Gasteiger partial charge in [-0.3, -0.25) is 4.40 Å². The number of imidazole rings is 1. The number of aromatic nitrogens is 5. The highest BCUT2D eigenvalue weighted by Crippen LogP contribution is 2.34. The van der Waals surface area contributed by atoms with Gasteiger partial charge in [-0.15, -0.1) is 0 Å². The normalized spacial score (nSPS) is 12.6. The smallest absolute Gasteiger partial charge is 0.299 e. The van der Waals surface area contributed by atoms with Gasteiger partial charge in [0.25, 0.3) is 0 Å². The van der Waals surface area contributed by atoms with Gasteiger partial charge in [-0.25, -0.2) is 14.5 Å². The van der Waals surface area contributed by atoms with Gasteiger partial charge >= 0.3 is 5.82 Å². The third kappa shape index (κ3) is 1.59. The van der Waals surface area contributed by atoms with E-state index in [-0.39, 0.29) is 0 Å². The van der Waals surface area contributed by atoms with Crippen molar-refractivity contribution in [3.05, 3.63) is 79.0 Å². The molecule has 5 heterocycles. The van der Waals surface area contributed by atoms with Crippen molar-refractivity contribution in [2.45, 2.75) is 6.54 Å². The van der Waals surface area contributed by atoms with Crippen LogP contribution in [0, 0.1) is 0 Å². The van der Waals surface area contributed by atoms with Crippen LogP contribution in [0.4, 0.5) is 0 Å². The lowest BCUT2D eigenvalue weighted by Crippen LogP contribution is -2.31. The number of nitrogens with zero attached hydrogens (tertiary/aromatic N) is 5. The van der Waals surface area contributed by atoms with Crippen molar-refractivity contribution in [1.29, 1.82) is 0 Å². The molecule has 0 N–H and O–H groups in total. The third-order valence-electron chi connectivity index (χ3n) is 4.96. The van der Waals surface area contributed by atoms with Gasteiger partial charge in [0, 0.05) is 18.0 Å². The second-order valence-corrected chi connectivity index (χ2v) is 6.33. The molecule has 6 rings (SSSR count). The maximum absolute atomic E-state index is 4.68. The molecule has 5 nitrogen and oxygen atoms in total. The second-order valence-electron chi connectivity index (χ2n) is 6.33. The molecular formula is C20H14N5+. The van der Waals surface area contributed by atoms with E-state index in [9.17, 15) is 0 Å². The minimum Gasteiger partial charge on any atom is -0.299 e. The Morgan fingerprint density at radius 1 is 0.960 bits per heavy atom. The molecular weight excluding hydrogens is 310 g/mol. The van der Waals surface area contributed by atoms with Crippen molar-refractivity contribution in [2.24, 2.45) is 0 Å². The summed E-state index contributed by atoms with van der Waals surface area (Å²) < 4.78 is 6.77. The van der Waals surface area contributed by atoms with E-state index in [0.29, 0.717) is 0 Å². The molecule has 5 aromatic rings. The number of hydrogen-bond acceptors (Lipinski definition) is 2. The summed E-state index contributed by atoms with van der Waals surface area (Å²) >= 11 is 0. The molecule has 0 atom stereocenters. The molecule has 0 amide bonds. The molecule has 1 aromatic carbocycles. The molecule has 0 bridgehead atoms. The quantitative estimate of drug-likeness (QED) is 0.436. The molecule has 0 saturated heterocycles.